The van der Waals surface area contributed by atoms with Crippen molar-refractivity contribution < 1.29 is 19.4 Å². The number of nitrogens with one attached hydrogen (secondary N) is 1. The first-order valence-corrected chi connectivity index (χ1v) is 8.69. The Kier molecular flexibility index (Phi) is 5.36. The van der Waals surface area contributed by atoms with Gasteiger partial charge < -0.3 is 15.2 Å². The summed E-state index contributed by atoms with van der Waals surface area (Å²) in [7, 11) is 0. The van der Waals surface area contributed by atoms with Crippen molar-refractivity contribution in [1.82, 2.24) is 15.1 Å². The Hall–Kier alpha value is -3.00. The summed E-state index contributed by atoms with van der Waals surface area (Å²) in [6, 6.07) is 10.5. The van der Waals surface area contributed by atoms with Gasteiger partial charge in [-0.2, -0.15) is 5.10 Å². The molecule has 1 aliphatic heterocycles. The highest BCUT2D eigenvalue weighted by Crippen LogP contribution is 2.30. The predicted molar refractivity (Wildman–Crippen MR) is 97.0 cm³/mol. The van der Waals surface area contributed by atoms with Crippen molar-refractivity contribution in [2.75, 3.05) is 19.8 Å². The zero-order chi connectivity index (χ0) is 19.4. The minimum absolute atomic E-state index is 0.0785. The maximum absolute atomic E-state index is 12.6. The molecule has 8 heteroatoms. The van der Waals surface area contributed by atoms with E-state index in [1.54, 1.807) is 6.92 Å². The van der Waals surface area contributed by atoms with Gasteiger partial charge in [-0.15, -0.1) is 0 Å². The van der Waals surface area contributed by atoms with Crippen molar-refractivity contribution in [1.29, 1.82) is 0 Å². The highest BCUT2D eigenvalue weighted by Gasteiger charge is 2.40. The summed E-state index contributed by atoms with van der Waals surface area (Å²) in [6.07, 6.45) is 0.608. The summed E-state index contributed by atoms with van der Waals surface area (Å²) in [5.41, 5.74) is -0.549. The molecule has 8 nitrogen and oxygen atoms in total. The SMILES string of the molecule is Cc1cc(=O)c(C(=O)NCC2(C(=O)O)CCOCC2)nn1-c1ccccc1. The number of carbonyl (C=O) groups is 2. The Morgan fingerprint density at radius 1 is 1.26 bits per heavy atom. The number of para-hydroxylation sites is 1. The van der Waals surface area contributed by atoms with Gasteiger partial charge in [0.1, 0.15) is 0 Å². The van der Waals surface area contributed by atoms with Crippen molar-refractivity contribution in [2.45, 2.75) is 19.8 Å². The van der Waals surface area contributed by atoms with Gasteiger partial charge in [-0.3, -0.25) is 14.4 Å². The minimum Gasteiger partial charge on any atom is -0.481 e. The van der Waals surface area contributed by atoms with Crippen LogP contribution in [0.2, 0.25) is 0 Å². The molecule has 2 N–H and O–H groups in total. The van der Waals surface area contributed by atoms with E-state index in [0.29, 0.717) is 31.7 Å². The van der Waals surface area contributed by atoms with Crippen LogP contribution in [-0.4, -0.2) is 46.5 Å². The van der Waals surface area contributed by atoms with E-state index in [1.165, 1.54) is 10.7 Å². The van der Waals surface area contributed by atoms with Crippen LogP contribution in [0.15, 0.2) is 41.2 Å². The van der Waals surface area contributed by atoms with Crippen LogP contribution in [0.3, 0.4) is 0 Å². The quantitative estimate of drug-likeness (QED) is 0.816. The maximum Gasteiger partial charge on any atom is 0.311 e. The molecule has 0 aliphatic carbocycles. The third-order valence-corrected chi connectivity index (χ3v) is 4.81. The Bertz CT molecular complexity index is 901. The number of rotatable bonds is 5. The zero-order valence-corrected chi connectivity index (χ0v) is 15.0. The molecular formula is C19H21N3O5. The number of hydrogen-bond donors (Lipinski definition) is 2. The molecule has 2 heterocycles. The van der Waals surface area contributed by atoms with Gasteiger partial charge in [0, 0.05) is 31.5 Å². The lowest BCUT2D eigenvalue weighted by Gasteiger charge is -2.33. The largest absolute Gasteiger partial charge is 0.481 e. The average molecular weight is 371 g/mol. The molecule has 142 valence electrons. The molecule has 1 aromatic carbocycles. The van der Waals surface area contributed by atoms with Crippen molar-refractivity contribution in [3.8, 4) is 5.69 Å². The summed E-state index contributed by atoms with van der Waals surface area (Å²) in [5.74, 6) is -1.67. The number of aromatic nitrogens is 2. The van der Waals surface area contributed by atoms with Crippen LogP contribution in [0.4, 0.5) is 0 Å². The zero-order valence-electron chi connectivity index (χ0n) is 15.0. The smallest absolute Gasteiger partial charge is 0.311 e. The van der Waals surface area contributed by atoms with Gasteiger partial charge in [0.2, 0.25) is 5.43 Å². The number of aliphatic carboxylic acids is 1. The van der Waals surface area contributed by atoms with Crippen molar-refractivity contribution in [3.05, 3.63) is 58.0 Å². The number of hydrogen-bond acceptors (Lipinski definition) is 5. The van der Waals surface area contributed by atoms with E-state index in [-0.39, 0.29) is 12.2 Å². The minimum atomic E-state index is -1.09. The maximum atomic E-state index is 12.6. The monoisotopic (exact) mass is 371 g/mol. The fraction of sp³-hybridized carbons (Fsp3) is 0.368. The molecule has 2 aromatic rings. The standard InChI is InChI=1S/C19H21N3O5/c1-13-11-15(23)16(21-22(13)14-5-3-2-4-6-14)17(24)20-12-19(18(25)26)7-9-27-10-8-19/h2-6,11H,7-10,12H2,1H3,(H,20,24)(H,25,26). The summed E-state index contributed by atoms with van der Waals surface area (Å²) < 4.78 is 6.73. The van der Waals surface area contributed by atoms with E-state index in [9.17, 15) is 19.5 Å². The van der Waals surface area contributed by atoms with E-state index < -0.39 is 22.7 Å². The van der Waals surface area contributed by atoms with Crippen LogP contribution >= 0.6 is 0 Å². The number of nitrogens with zero attached hydrogens (tertiary/aromatic N) is 2. The molecule has 0 atom stereocenters. The molecule has 1 aliphatic rings. The lowest BCUT2D eigenvalue weighted by atomic mass is 9.80. The number of aryl methyl sites for hydroxylation is 1. The lowest BCUT2D eigenvalue weighted by molar-refractivity contribution is -0.154. The second kappa shape index (κ2) is 7.71. The van der Waals surface area contributed by atoms with Gasteiger partial charge >= 0.3 is 5.97 Å². The molecule has 3 rings (SSSR count). The molecule has 0 unspecified atom stereocenters. The van der Waals surface area contributed by atoms with Crippen molar-refractivity contribution >= 4 is 11.9 Å². The van der Waals surface area contributed by atoms with Crippen LogP contribution in [0.1, 0.15) is 29.0 Å². The van der Waals surface area contributed by atoms with Gasteiger partial charge in [-0.05, 0) is 31.9 Å². The summed E-state index contributed by atoms with van der Waals surface area (Å²) >= 11 is 0. The van der Waals surface area contributed by atoms with Crippen LogP contribution in [0.25, 0.3) is 5.69 Å². The van der Waals surface area contributed by atoms with Crippen molar-refractivity contribution in [2.24, 2.45) is 5.41 Å². The number of ether oxygens (including phenoxy) is 1. The number of benzene rings is 1. The molecule has 0 saturated carbocycles. The normalized spacial score (nSPS) is 15.9. The second-order valence-electron chi connectivity index (χ2n) is 6.63. The fourth-order valence-electron chi connectivity index (χ4n) is 3.10. The Labute approximate surface area is 155 Å². The summed E-state index contributed by atoms with van der Waals surface area (Å²) in [5, 5.41) is 16.3. The number of carboxylic acid groups (broad SMARTS) is 1. The van der Waals surface area contributed by atoms with Crippen LogP contribution in [0, 0.1) is 12.3 Å². The van der Waals surface area contributed by atoms with Gasteiger partial charge in [0.25, 0.3) is 5.91 Å². The third kappa shape index (κ3) is 3.90. The van der Waals surface area contributed by atoms with Gasteiger partial charge in [0.15, 0.2) is 5.69 Å². The number of carboxylic acids is 1. The van der Waals surface area contributed by atoms with E-state index in [1.807, 2.05) is 30.3 Å². The molecule has 1 aromatic heterocycles. The predicted octanol–water partition coefficient (Wildman–Crippen LogP) is 1.15. The Morgan fingerprint density at radius 2 is 1.93 bits per heavy atom. The second-order valence-corrected chi connectivity index (χ2v) is 6.63. The van der Waals surface area contributed by atoms with Gasteiger partial charge in [-0.1, -0.05) is 18.2 Å². The topological polar surface area (TPSA) is 111 Å². The van der Waals surface area contributed by atoms with E-state index in [0.717, 1.165) is 5.69 Å². The first-order chi connectivity index (χ1) is 12.9. The average Bonchev–Trinajstić information content (AvgIpc) is 2.67. The lowest BCUT2D eigenvalue weighted by Crippen LogP contribution is -2.47. The molecule has 1 saturated heterocycles. The third-order valence-electron chi connectivity index (χ3n) is 4.81. The molecule has 1 amide bonds. The van der Waals surface area contributed by atoms with Crippen molar-refractivity contribution in [3.63, 3.8) is 0 Å². The molecule has 0 radical (unpaired) electrons. The molecule has 1 fully saturated rings. The first kappa shape index (κ1) is 18.8. The highest BCUT2D eigenvalue weighted by atomic mass is 16.5. The van der Waals surface area contributed by atoms with Crippen LogP contribution in [-0.2, 0) is 9.53 Å². The van der Waals surface area contributed by atoms with E-state index >= 15 is 0 Å². The van der Waals surface area contributed by atoms with E-state index in [2.05, 4.69) is 10.4 Å². The summed E-state index contributed by atoms with van der Waals surface area (Å²) in [4.78, 5) is 36.5. The Balaban J connectivity index is 1.84. The van der Waals surface area contributed by atoms with Gasteiger partial charge in [0.05, 0.1) is 11.1 Å². The van der Waals surface area contributed by atoms with E-state index in [4.69, 9.17) is 4.74 Å². The first-order valence-electron chi connectivity index (χ1n) is 8.69. The molecule has 0 bridgehead atoms. The fourth-order valence-corrected chi connectivity index (χ4v) is 3.10. The highest BCUT2D eigenvalue weighted by molar-refractivity contribution is 5.92. The molecule has 0 spiro atoms. The van der Waals surface area contributed by atoms with Crippen LogP contribution < -0.4 is 10.7 Å². The molecular weight excluding hydrogens is 350 g/mol. The number of amides is 1. The number of carbonyl (C=O) groups excluding carboxylic acids is 1. The van der Waals surface area contributed by atoms with Crippen LogP contribution in [0.5, 0.6) is 0 Å². The molecule has 27 heavy (non-hydrogen) atoms. The van der Waals surface area contributed by atoms with Gasteiger partial charge in [-0.25, -0.2) is 4.68 Å². The summed E-state index contributed by atoms with van der Waals surface area (Å²) in [6.45, 7) is 2.30. The Morgan fingerprint density at radius 3 is 2.56 bits per heavy atom.